The summed E-state index contributed by atoms with van der Waals surface area (Å²) in [6.45, 7) is 5.50. The van der Waals surface area contributed by atoms with Crippen molar-refractivity contribution in [2.24, 2.45) is 0 Å². The molecule has 0 fully saturated rings. The van der Waals surface area contributed by atoms with Gasteiger partial charge in [-0.25, -0.2) is 24.0 Å². The number of hydrogen-bond donors (Lipinski definition) is 2. The number of alkyl halides is 2. The van der Waals surface area contributed by atoms with Gasteiger partial charge in [0.2, 0.25) is 0 Å². The molecule has 0 aliphatic heterocycles. The fraction of sp³-hybridized carbons (Fsp3) is 0.556. The van der Waals surface area contributed by atoms with Gasteiger partial charge in [-0.15, -0.1) is 0 Å². The lowest BCUT2D eigenvalue weighted by atomic mass is 10.6. The number of halogens is 2. The summed E-state index contributed by atoms with van der Waals surface area (Å²) >= 11 is 0. The van der Waals surface area contributed by atoms with Gasteiger partial charge in [0.1, 0.15) is 26.4 Å². The van der Waals surface area contributed by atoms with E-state index in [1.54, 1.807) is 0 Å². The Balaban J connectivity index is 4.16. The van der Waals surface area contributed by atoms with Crippen LogP contribution in [-0.4, -0.2) is 87.9 Å². The Kier molecular flexibility index (Phi) is 14.8. The van der Waals surface area contributed by atoms with E-state index in [0.717, 1.165) is 17.2 Å². The van der Waals surface area contributed by atoms with Crippen molar-refractivity contribution in [3.05, 3.63) is 25.3 Å². The van der Waals surface area contributed by atoms with E-state index in [9.17, 15) is 28.0 Å². The third kappa shape index (κ3) is 17.6. The van der Waals surface area contributed by atoms with Gasteiger partial charge in [-0.1, -0.05) is 13.2 Å². The molecule has 2 N–H and O–H groups in total. The summed E-state index contributed by atoms with van der Waals surface area (Å²) in [5.41, 5.74) is 0. The number of carbonyl (C=O) groups excluding carboxylic acids is 4. The molecule has 0 unspecified atom stereocenters. The highest BCUT2D eigenvalue weighted by atomic mass is 19.3. The van der Waals surface area contributed by atoms with E-state index >= 15 is 0 Å². The normalized spacial score (nSPS) is 10.6. The maximum absolute atomic E-state index is 13.1. The highest BCUT2D eigenvalue weighted by molar-refractivity contribution is 5.81. The van der Waals surface area contributed by atoms with Crippen molar-refractivity contribution in [2.75, 3.05) is 52.6 Å². The number of carbonyl (C=O) groups is 4. The highest BCUT2D eigenvalue weighted by Crippen LogP contribution is 2.15. The number of amides is 2. The number of nitrogens with one attached hydrogen (secondary N) is 2. The second-order valence-corrected chi connectivity index (χ2v) is 5.70. The van der Waals surface area contributed by atoms with Crippen LogP contribution < -0.4 is 10.6 Å². The maximum Gasteiger partial charge on any atom is 0.407 e. The number of ether oxygens (including phenoxy) is 4. The molecular weight excluding hydrogens is 440 g/mol. The monoisotopic (exact) mass is 467 g/mol. The van der Waals surface area contributed by atoms with Gasteiger partial charge in [-0.3, -0.25) is 0 Å². The van der Waals surface area contributed by atoms with Crippen molar-refractivity contribution >= 4 is 24.1 Å². The number of nitrogens with zero attached hydrogens (tertiary/aromatic N) is 1. The van der Waals surface area contributed by atoms with E-state index in [1.807, 2.05) is 0 Å². The molecular formula is C18H27F2N3O9. The number of hydroxylamine groups is 2. The standard InChI is InChI=1S/C18H27F2N3O9/c1-4-14(24)28-10-6-21-16(26)30-12-8-23(32-18(3,19)20)9-13-31-17(27)22-7-11-29-15(25)5-2/h4-5H,1-2,6-13H2,3H3,(H,21,26)(H,22,27). The zero-order valence-corrected chi connectivity index (χ0v) is 17.6. The molecule has 2 amide bonds. The van der Waals surface area contributed by atoms with Crippen LogP contribution in [0.4, 0.5) is 18.4 Å². The SMILES string of the molecule is C=CC(=O)OCCNC(=O)OCCN(CCOC(=O)NCCOC(=O)C=C)OC(C)(F)F. The van der Waals surface area contributed by atoms with Crippen molar-refractivity contribution in [1.29, 1.82) is 0 Å². The molecule has 0 aliphatic carbocycles. The zero-order chi connectivity index (χ0) is 24.4. The molecule has 0 atom stereocenters. The molecule has 0 radical (unpaired) electrons. The number of esters is 2. The van der Waals surface area contributed by atoms with Gasteiger partial charge in [-0.05, 0) is 0 Å². The first-order valence-electron chi connectivity index (χ1n) is 9.29. The van der Waals surface area contributed by atoms with E-state index in [1.165, 1.54) is 0 Å². The quantitative estimate of drug-likeness (QED) is 0.110. The van der Waals surface area contributed by atoms with Crippen LogP contribution in [0, 0.1) is 0 Å². The fourth-order valence-corrected chi connectivity index (χ4v) is 1.74. The molecule has 0 aromatic heterocycles. The molecule has 12 nitrogen and oxygen atoms in total. The molecule has 32 heavy (non-hydrogen) atoms. The largest absolute Gasteiger partial charge is 0.461 e. The van der Waals surface area contributed by atoms with Crippen LogP contribution in [-0.2, 0) is 33.4 Å². The van der Waals surface area contributed by atoms with Crippen molar-refractivity contribution in [2.45, 2.75) is 13.0 Å². The molecule has 0 rings (SSSR count). The molecule has 182 valence electrons. The summed E-state index contributed by atoms with van der Waals surface area (Å²) in [5, 5.41) is 5.33. The number of hydrogen-bond acceptors (Lipinski definition) is 10. The van der Waals surface area contributed by atoms with Gasteiger partial charge < -0.3 is 29.6 Å². The van der Waals surface area contributed by atoms with Crippen LogP contribution in [0.3, 0.4) is 0 Å². The lowest BCUT2D eigenvalue weighted by Crippen LogP contribution is -2.39. The molecule has 0 bridgehead atoms. The van der Waals surface area contributed by atoms with Crippen LogP contribution in [0.2, 0.25) is 0 Å². The summed E-state index contributed by atoms with van der Waals surface area (Å²) in [6, 6.07) is 0. The first-order valence-corrected chi connectivity index (χ1v) is 9.29. The maximum atomic E-state index is 13.1. The van der Waals surface area contributed by atoms with Gasteiger partial charge in [0, 0.05) is 19.1 Å². The molecule has 0 aromatic rings. The van der Waals surface area contributed by atoms with Gasteiger partial charge in [0.15, 0.2) is 0 Å². The Morgan fingerprint density at radius 1 is 0.812 bits per heavy atom. The van der Waals surface area contributed by atoms with E-state index in [-0.39, 0.29) is 52.6 Å². The second kappa shape index (κ2) is 16.4. The minimum absolute atomic E-state index is 0.0264. The summed E-state index contributed by atoms with van der Waals surface area (Å²) in [6.07, 6.45) is -3.32. The molecule has 0 heterocycles. The molecule has 0 saturated carbocycles. The molecule has 0 spiro atoms. The van der Waals surface area contributed by atoms with E-state index in [2.05, 4.69) is 38.1 Å². The molecule has 14 heteroatoms. The first-order chi connectivity index (χ1) is 15.1. The van der Waals surface area contributed by atoms with Crippen molar-refractivity contribution in [3.8, 4) is 0 Å². The lowest BCUT2D eigenvalue weighted by molar-refractivity contribution is -0.347. The highest BCUT2D eigenvalue weighted by Gasteiger charge is 2.26. The van der Waals surface area contributed by atoms with Gasteiger partial charge in [-0.2, -0.15) is 13.8 Å². The Labute approximate surface area is 183 Å². The minimum atomic E-state index is -3.52. The van der Waals surface area contributed by atoms with Crippen LogP contribution in [0.25, 0.3) is 0 Å². The number of rotatable bonds is 16. The lowest BCUT2D eigenvalue weighted by Gasteiger charge is -2.24. The van der Waals surface area contributed by atoms with E-state index in [0.29, 0.717) is 6.92 Å². The van der Waals surface area contributed by atoms with Crippen molar-refractivity contribution < 1.29 is 51.7 Å². The van der Waals surface area contributed by atoms with Crippen LogP contribution >= 0.6 is 0 Å². The summed E-state index contributed by atoms with van der Waals surface area (Å²) < 4.78 is 45.2. The smallest absolute Gasteiger partial charge is 0.407 e. The third-order valence-corrected chi connectivity index (χ3v) is 3.00. The Bertz CT molecular complexity index is 596. The molecule has 0 aliphatic rings. The Morgan fingerprint density at radius 3 is 1.56 bits per heavy atom. The van der Waals surface area contributed by atoms with Crippen molar-refractivity contribution in [3.63, 3.8) is 0 Å². The van der Waals surface area contributed by atoms with E-state index < -0.39 is 30.2 Å². The van der Waals surface area contributed by atoms with Crippen LogP contribution in [0.5, 0.6) is 0 Å². The minimum Gasteiger partial charge on any atom is -0.461 e. The zero-order valence-electron chi connectivity index (χ0n) is 17.6. The van der Waals surface area contributed by atoms with Gasteiger partial charge in [0.05, 0.1) is 26.2 Å². The summed E-state index contributed by atoms with van der Waals surface area (Å²) in [4.78, 5) is 49.1. The van der Waals surface area contributed by atoms with Gasteiger partial charge >= 0.3 is 30.2 Å². The van der Waals surface area contributed by atoms with E-state index in [4.69, 9.17) is 9.47 Å². The fourth-order valence-electron chi connectivity index (χ4n) is 1.74. The predicted molar refractivity (Wildman–Crippen MR) is 104 cm³/mol. The average molecular weight is 467 g/mol. The second-order valence-electron chi connectivity index (χ2n) is 5.70. The summed E-state index contributed by atoms with van der Waals surface area (Å²) in [7, 11) is 0. The molecule has 0 saturated heterocycles. The first kappa shape index (κ1) is 28.7. The number of alkyl carbamates (subject to hydrolysis) is 2. The third-order valence-electron chi connectivity index (χ3n) is 3.00. The van der Waals surface area contributed by atoms with Crippen LogP contribution in [0.15, 0.2) is 25.3 Å². The van der Waals surface area contributed by atoms with Crippen molar-refractivity contribution in [1.82, 2.24) is 15.7 Å². The van der Waals surface area contributed by atoms with Gasteiger partial charge in [0.25, 0.3) is 0 Å². The average Bonchev–Trinajstić information content (AvgIpc) is 2.72. The Morgan fingerprint density at radius 2 is 1.22 bits per heavy atom. The molecule has 0 aromatic carbocycles. The predicted octanol–water partition coefficient (Wildman–Crippen LogP) is 0.744. The topological polar surface area (TPSA) is 142 Å². The summed E-state index contributed by atoms with van der Waals surface area (Å²) in [5.74, 6) is -1.30. The van der Waals surface area contributed by atoms with Crippen LogP contribution in [0.1, 0.15) is 6.92 Å². The Hall–Kier alpha value is -3.26.